The van der Waals surface area contributed by atoms with Crippen LogP contribution in [0.25, 0.3) is 0 Å². The summed E-state index contributed by atoms with van der Waals surface area (Å²) in [6, 6.07) is 4.29. The van der Waals surface area contributed by atoms with E-state index in [1.807, 2.05) is 16.7 Å². The lowest BCUT2D eigenvalue weighted by Gasteiger charge is -2.00. The Kier molecular flexibility index (Phi) is 4.94. The second-order valence-electron chi connectivity index (χ2n) is 2.69. The molecule has 0 aliphatic carbocycles. The molecule has 0 radical (unpaired) electrons. The molecule has 0 nitrogen and oxygen atoms in total. The Bertz CT molecular complexity index is 270. The quantitative estimate of drug-likeness (QED) is 0.691. The zero-order valence-electron chi connectivity index (χ0n) is 7.82. The summed E-state index contributed by atoms with van der Waals surface area (Å²) >= 11 is 3.49. The van der Waals surface area contributed by atoms with E-state index >= 15 is 0 Å². The van der Waals surface area contributed by atoms with Crippen molar-refractivity contribution in [2.75, 3.05) is 0 Å². The second kappa shape index (κ2) is 6.06. The molecule has 0 amide bonds. The van der Waals surface area contributed by atoms with Crippen molar-refractivity contribution in [2.45, 2.75) is 19.8 Å². The molecule has 0 saturated heterocycles. The van der Waals surface area contributed by atoms with Crippen LogP contribution in [0.3, 0.4) is 0 Å². The van der Waals surface area contributed by atoms with Crippen LogP contribution in [-0.4, -0.2) is 0 Å². The Hall–Kier alpha value is -0.470. The molecule has 0 unspecified atom stereocenters. The van der Waals surface area contributed by atoms with Crippen LogP contribution in [0.5, 0.6) is 0 Å². The number of hydrogen-bond acceptors (Lipinski definition) is 2. The van der Waals surface area contributed by atoms with Gasteiger partial charge in [0.05, 0.1) is 0 Å². The molecule has 1 aromatic heterocycles. The van der Waals surface area contributed by atoms with Crippen molar-refractivity contribution in [3.63, 3.8) is 0 Å². The summed E-state index contributed by atoms with van der Waals surface area (Å²) in [5.74, 6) is 0. The third kappa shape index (κ3) is 3.83. The molecule has 0 atom stereocenters. The molecule has 0 aliphatic heterocycles. The van der Waals surface area contributed by atoms with Crippen LogP contribution in [0.15, 0.2) is 40.5 Å². The molecule has 0 fully saturated rings. The summed E-state index contributed by atoms with van der Waals surface area (Å²) in [6.45, 7) is 5.88. The van der Waals surface area contributed by atoms with Crippen LogP contribution < -0.4 is 0 Å². The minimum absolute atomic E-state index is 1.09. The van der Waals surface area contributed by atoms with E-state index in [1.165, 1.54) is 10.5 Å². The molecule has 0 N–H and O–H groups in total. The predicted octanol–water partition coefficient (Wildman–Crippen LogP) is 4.46. The Labute approximate surface area is 88.4 Å². The van der Waals surface area contributed by atoms with Crippen molar-refractivity contribution in [1.29, 1.82) is 0 Å². The molecule has 2 heteroatoms. The monoisotopic (exact) mass is 210 g/mol. The van der Waals surface area contributed by atoms with E-state index in [0.29, 0.717) is 0 Å². The highest BCUT2D eigenvalue weighted by Gasteiger charge is 1.97. The zero-order chi connectivity index (χ0) is 9.52. The molecule has 70 valence electrons. The first kappa shape index (κ1) is 10.6. The molecule has 0 aliphatic rings. The Morgan fingerprint density at radius 3 is 3.08 bits per heavy atom. The number of thiophene rings is 1. The lowest BCUT2D eigenvalue weighted by molar-refractivity contribution is 1.03. The number of allylic oxidation sites excluding steroid dienone is 1. The maximum Gasteiger partial charge on any atom is 0.00859 e. The molecule has 1 aromatic rings. The number of hydrogen-bond donors (Lipinski definition) is 0. The van der Waals surface area contributed by atoms with Gasteiger partial charge in [0.25, 0.3) is 0 Å². The fraction of sp³-hybridized carbons (Fsp3) is 0.273. The maximum absolute atomic E-state index is 3.68. The van der Waals surface area contributed by atoms with Gasteiger partial charge in [-0.3, -0.25) is 0 Å². The molecule has 1 heterocycles. The topological polar surface area (TPSA) is 0 Å². The fourth-order valence-corrected chi connectivity index (χ4v) is 2.33. The average Bonchev–Trinajstić information content (AvgIpc) is 2.64. The highest BCUT2D eigenvalue weighted by molar-refractivity contribution is 8.04. The molecule has 0 saturated carbocycles. The first-order valence-electron chi connectivity index (χ1n) is 4.33. The van der Waals surface area contributed by atoms with Gasteiger partial charge in [0.1, 0.15) is 0 Å². The second-order valence-corrected chi connectivity index (χ2v) is 4.56. The van der Waals surface area contributed by atoms with Gasteiger partial charge in [-0.1, -0.05) is 25.1 Å². The molecular weight excluding hydrogens is 196 g/mol. The normalized spacial score (nSPS) is 11.6. The third-order valence-corrected chi connectivity index (χ3v) is 3.30. The van der Waals surface area contributed by atoms with Gasteiger partial charge in [-0.15, -0.1) is 23.1 Å². The van der Waals surface area contributed by atoms with Crippen molar-refractivity contribution in [2.24, 2.45) is 0 Å². The van der Waals surface area contributed by atoms with E-state index in [-0.39, 0.29) is 0 Å². The Morgan fingerprint density at radius 1 is 1.69 bits per heavy atom. The van der Waals surface area contributed by atoms with E-state index in [0.717, 1.165) is 12.8 Å². The van der Waals surface area contributed by atoms with Crippen LogP contribution in [-0.2, 0) is 6.42 Å². The van der Waals surface area contributed by atoms with Crippen molar-refractivity contribution in [1.82, 2.24) is 0 Å². The maximum atomic E-state index is 3.68. The summed E-state index contributed by atoms with van der Waals surface area (Å²) in [5.41, 5.74) is 1.48. The Morgan fingerprint density at radius 2 is 2.54 bits per heavy atom. The van der Waals surface area contributed by atoms with Gasteiger partial charge >= 0.3 is 0 Å². The van der Waals surface area contributed by atoms with Crippen LogP contribution in [0, 0.1) is 0 Å². The van der Waals surface area contributed by atoms with Crippen molar-refractivity contribution in [3.05, 3.63) is 45.4 Å². The molecule has 0 aromatic carbocycles. The van der Waals surface area contributed by atoms with Crippen molar-refractivity contribution >= 4 is 23.1 Å². The first-order chi connectivity index (χ1) is 6.36. The fourth-order valence-electron chi connectivity index (χ4n) is 1.03. The standard InChI is InChI=1S/C11H14S2/c1-3-10(9-12-4-2)8-11-6-5-7-13-11/h4-7,9H,2-3,8H2,1H3/b10-9+. The SMILES string of the molecule is C=CS/C=C(\CC)Cc1cccs1. The van der Waals surface area contributed by atoms with Crippen LogP contribution in [0.2, 0.25) is 0 Å². The van der Waals surface area contributed by atoms with E-state index in [9.17, 15) is 0 Å². The van der Waals surface area contributed by atoms with E-state index in [2.05, 4.69) is 36.4 Å². The summed E-state index contributed by atoms with van der Waals surface area (Å²) < 4.78 is 0. The van der Waals surface area contributed by atoms with E-state index in [1.54, 1.807) is 11.8 Å². The van der Waals surface area contributed by atoms with Gasteiger partial charge in [-0.05, 0) is 28.7 Å². The number of rotatable bonds is 5. The summed E-state index contributed by atoms with van der Waals surface area (Å²) in [6.07, 6.45) is 2.22. The van der Waals surface area contributed by atoms with Gasteiger partial charge in [-0.2, -0.15) is 0 Å². The Balaban J connectivity index is 2.54. The highest BCUT2D eigenvalue weighted by atomic mass is 32.2. The lowest BCUT2D eigenvalue weighted by Crippen LogP contribution is -1.84. The molecule has 0 spiro atoms. The minimum Gasteiger partial charge on any atom is -0.149 e. The largest absolute Gasteiger partial charge is 0.149 e. The summed E-state index contributed by atoms with van der Waals surface area (Å²) in [5, 5.41) is 6.19. The highest BCUT2D eigenvalue weighted by Crippen LogP contribution is 2.19. The summed E-state index contributed by atoms with van der Waals surface area (Å²) in [7, 11) is 0. The first-order valence-corrected chi connectivity index (χ1v) is 6.15. The average molecular weight is 210 g/mol. The smallest absolute Gasteiger partial charge is 0.00859 e. The van der Waals surface area contributed by atoms with Crippen molar-refractivity contribution in [3.8, 4) is 0 Å². The number of thioether (sulfide) groups is 1. The summed E-state index contributed by atoms with van der Waals surface area (Å²) in [4.78, 5) is 1.44. The third-order valence-electron chi connectivity index (χ3n) is 1.77. The van der Waals surface area contributed by atoms with Gasteiger partial charge in [0, 0.05) is 11.3 Å². The van der Waals surface area contributed by atoms with Crippen molar-refractivity contribution < 1.29 is 0 Å². The molecule has 1 rings (SSSR count). The lowest BCUT2D eigenvalue weighted by atomic mass is 10.1. The van der Waals surface area contributed by atoms with Crippen LogP contribution in [0.1, 0.15) is 18.2 Å². The zero-order valence-corrected chi connectivity index (χ0v) is 9.46. The minimum atomic E-state index is 1.09. The molecular formula is C11H14S2. The van der Waals surface area contributed by atoms with Gasteiger partial charge in [0.2, 0.25) is 0 Å². The molecule has 0 bridgehead atoms. The predicted molar refractivity (Wildman–Crippen MR) is 64.2 cm³/mol. The van der Waals surface area contributed by atoms with Gasteiger partial charge < -0.3 is 0 Å². The van der Waals surface area contributed by atoms with Crippen LogP contribution >= 0.6 is 23.1 Å². The van der Waals surface area contributed by atoms with Gasteiger partial charge in [0.15, 0.2) is 0 Å². The van der Waals surface area contributed by atoms with Crippen LogP contribution in [0.4, 0.5) is 0 Å². The molecule has 13 heavy (non-hydrogen) atoms. The van der Waals surface area contributed by atoms with Gasteiger partial charge in [-0.25, -0.2) is 0 Å². The van der Waals surface area contributed by atoms with E-state index in [4.69, 9.17) is 0 Å². The van der Waals surface area contributed by atoms with E-state index < -0.39 is 0 Å².